The predicted octanol–water partition coefficient (Wildman–Crippen LogP) is 2.02. The number of carbonyl (C=O) groups is 4. The van der Waals surface area contributed by atoms with E-state index in [1.54, 1.807) is 23.1 Å². The van der Waals surface area contributed by atoms with E-state index in [2.05, 4.69) is 10.6 Å². The van der Waals surface area contributed by atoms with E-state index in [1.165, 1.54) is 7.11 Å². The van der Waals surface area contributed by atoms with Crippen LogP contribution in [0.25, 0.3) is 0 Å². The van der Waals surface area contributed by atoms with Crippen molar-refractivity contribution in [3.63, 3.8) is 0 Å². The number of nitrogens with one attached hydrogen (secondary N) is 2. The Balaban J connectivity index is 1.39. The van der Waals surface area contributed by atoms with Crippen LogP contribution in [0, 0.1) is 0 Å². The molecule has 0 radical (unpaired) electrons. The molecule has 9 nitrogen and oxygen atoms in total. The van der Waals surface area contributed by atoms with Crippen LogP contribution in [-0.4, -0.2) is 54.4 Å². The molecule has 2 heterocycles. The molecule has 3 aliphatic rings. The second-order valence-electron chi connectivity index (χ2n) is 8.01. The third-order valence-electron chi connectivity index (χ3n) is 6.09. The number of anilines is 2. The van der Waals surface area contributed by atoms with Crippen LogP contribution >= 0.6 is 0 Å². The van der Waals surface area contributed by atoms with Crippen molar-refractivity contribution in [1.82, 2.24) is 10.2 Å². The number of rotatable bonds is 6. The highest BCUT2D eigenvalue weighted by Gasteiger charge is 2.52. The highest BCUT2D eigenvalue weighted by atomic mass is 16.5. The summed E-state index contributed by atoms with van der Waals surface area (Å²) in [4.78, 5) is 52.2. The Hall–Kier alpha value is -3.10. The molecule has 2 N–H and O–H groups in total. The molecule has 1 saturated carbocycles. The third kappa shape index (κ3) is 3.59. The summed E-state index contributed by atoms with van der Waals surface area (Å²) in [6.45, 7) is 0.645. The van der Waals surface area contributed by atoms with E-state index in [-0.39, 0.29) is 30.7 Å². The molecular formula is C21H26N4O5. The summed E-state index contributed by atoms with van der Waals surface area (Å²) < 4.78 is 5.36. The molecule has 0 bridgehead atoms. The van der Waals surface area contributed by atoms with Crippen LogP contribution in [-0.2, 0) is 14.4 Å². The molecule has 3 fully saturated rings. The average Bonchev–Trinajstić information content (AvgIpc) is 3.42. The fourth-order valence-electron chi connectivity index (χ4n) is 4.52. The summed E-state index contributed by atoms with van der Waals surface area (Å²) in [6.07, 6.45) is 4.42. The van der Waals surface area contributed by atoms with E-state index in [0.717, 1.165) is 24.2 Å². The highest BCUT2D eigenvalue weighted by molar-refractivity contribution is 6.07. The van der Waals surface area contributed by atoms with Crippen LogP contribution in [0.3, 0.4) is 0 Å². The zero-order valence-corrected chi connectivity index (χ0v) is 17.0. The van der Waals surface area contributed by atoms with Gasteiger partial charge in [-0.05, 0) is 37.5 Å². The summed E-state index contributed by atoms with van der Waals surface area (Å²) in [6, 6.07) is 4.69. The quantitative estimate of drug-likeness (QED) is 0.693. The molecule has 0 aromatic heterocycles. The molecule has 2 aliphatic heterocycles. The van der Waals surface area contributed by atoms with Crippen LogP contribution in [0.4, 0.5) is 16.2 Å². The van der Waals surface area contributed by atoms with Gasteiger partial charge in [0.2, 0.25) is 11.8 Å². The number of ether oxygens (including phenoxy) is 1. The number of hydrogen-bond donors (Lipinski definition) is 2. The molecule has 5 amide bonds. The topological polar surface area (TPSA) is 108 Å². The Morgan fingerprint density at radius 2 is 1.97 bits per heavy atom. The monoisotopic (exact) mass is 414 g/mol. The van der Waals surface area contributed by atoms with Gasteiger partial charge < -0.3 is 20.3 Å². The zero-order chi connectivity index (χ0) is 21.3. The van der Waals surface area contributed by atoms with E-state index in [1.807, 2.05) is 0 Å². The van der Waals surface area contributed by atoms with E-state index in [0.29, 0.717) is 42.9 Å². The van der Waals surface area contributed by atoms with Crippen LogP contribution in [0.15, 0.2) is 18.2 Å². The van der Waals surface area contributed by atoms with Crippen LogP contribution in [0.5, 0.6) is 5.75 Å². The maximum absolute atomic E-state index is 12.7. The van der Waals surface area contributed by atoms with Gasteiger partial charge in [-0.3, -0.25) is 19.3 Å². The molecule has 1 spiro atoms. The summed E-state index contributed by atoms with van der Waals surface area (Å²) in [7, 11) is 1.53. The van der Waals surface area contributed by atoms with Crippen molar-refractivity contribution in [3.05, 3.63) is 18.2 Å². The maximum atomic E-state index is 12.7. The molecule has 1 aliphatic carbocycles. The number of imide groups is 1. The lowest BCUT2D eigenvalue weighted by molar-refractivity contribution is -0.131. The van der Waals surface area contributed by atoms with Gasteiger partial charge in [0.15, 0.2) is 0 Å². The van der Waals surface area contributed by atoms with Crippen LogP contribution in [0.2, 0.25) is 0 Å². The Kier molecular flexibility index (Phi) is 5.36. The Bertz CT molecular complexity index is 893. The molecule has 9 heteroatoms. The summed E-state index contributed by atoms with van der Waals surface area (Å²) >= 11 is 0. The van der Waals surface area contributed by atoms with Gasteiger partial charge in [0.25, 0.3) is 5.91 Å². The molecule has 0 unspecified atom stereocenters. The van der Waals surface area contributed by atoms with Gasteiger partial charge in [-0.15, -0.1) is 0 Å². The first-order valence-electron chi connectivity index (χ1n) is 10.4. The lowest BCUT2D eigenvalue weighted by Gasteiger charge is -2.20. The predicted molar refractivity (Wildman–Crippen MR) is 109 cm³/mol. The number of benzene rings is 1. The maximum Gasteiger partial charge on any atom is 0.325 e. The fraction of sp³-hybridized carbons (Fsp3) is 0.524. The fourth-order valence-corrected chi connectivity index (χ4v) is 4.52. The number of nitrogens with zero attached hydrogens (tertiary/aromatic N) is 2. The van der Waals surface area contributed by atoms with Crippen molar-refractivity contribution in [2.75, 3.05) is 30.4 Å². The van der Waals surface area contributed by atoms with Crippen molar-refractivity contribution in [2.24, 2.45) is 0 Å². The molecule has 4 rings (SSSR count). The number of carbonyl (C=O) groups excluding carboxylic acids is 4. The SMILES string of the molecule is COc1ccc(NC(=O)CCN2C(=O)NC3(CCCC3)C2=O)cc1N1CCCC1=O. The Labute approximate surface area is 174 Å². The van der Waals surface area contributed by atoms with Crippen LogP contribution in [0.1, 0.15) is 44.9 Å². The second kappa shape index (κ2) is 7.97. The van der Waals surface area contributed by atoms with E-state index in [4.69, 9.17) is 4.74 Å². The summed E-state index contributed by atoms with van der Waals surface area (Å²) in [5, 5.41) is 5.60. The minimum atomic E-state index is -0.763. The lowest BCUT2D eigenvalue weighted by Crippen LogP contribution is -2.44. The first-order valence-corrected chi connectivity index (χ1v) is 10.4. The largest absolute Gasteiger partial charge is 0.495 e. The normalized spacial score (nSPS) is 20.2. The molecular weight excluding hydrogens is 388 g/mol. The zero-order valence-electron chi connectivity index (χ0n) is 17.0. The minimum absolute atomic E-state index is 0.000747. The Morgan fingerprint density at radius 1 is 1.20 bits per heavy atom. The molecule has 2 saturated heterocycles. The smallest absolute Gasteiger partial charge is 0.325 e. The molecule has 1 aromatic carbocycles. The first kappa shape index (κ1) is 20.2. The second-order valence-corrected chi connectivity index (χ2v) is 8.01. The third-order valence-corrected chi connectivity index (χ3v) is 6.09. The lowest BCUT2D eigenvalue weighted by atomic mass is 9.98. The Morgan fingerprint density at radius 3 is 2.63 bits per heavy atom. The van der Waals surface area contributed by atoms with Crippen molar-refractivity contribution < 1.29 is 23.9 Å². The van der Waals surface area contributed by atoms with Crippen LogP contribution < -0.4 is 20.3 Å². The van der Waals surface area contributed by atoms with E-state index >= 15 is 0 Å². The molecule has 1 aromatic rings. The van der Waals surface area contributed by atoms with Gasteiger partial charge in [0.05, 0.1) is 12.8 Å². The average molecular weight is 414 g/mol. The number of methoxy groups -OCH3 is 1. The van der Waals surface area contributed by atoms with Gasteiger partial charge in [-0.2, -0.15) is 0 Å². The first-order chi connectivity index (χ1) is 14.4. The van der Waals surface area contributed by atoms with Gasteiger partial charge >= 0.3 is 6.03 Å². The van der Waals surface area contributed by atoms with Crippen molar-refractivity contribution >= 4 is 35.1 Å². The number of urea groups is 1. The standard InChI is InChI=1S/C21H26N4O5/c1-30-16-7-6-14(13-15(16)24-11-4-5-18(24)27)22-17(26)8-12-25-19(28)21(23-20(25)29)9-2-3-10-21/h6-7,13H,2-5,8-12H2,1H3,(H,22,26)(H,23,29). The molecule has 30 heavy (non-hydrogen) atoms. The van der Waals surface area contributed by atoms with Gasteiger partial charge in [-0.25, -0.2) is 4.79 Å². The summed E-state index contributed by atoms with van der Waals surface area (Å²) in [5.41, 5.74) is 0.385. The van der Waals surface area contributed by atoms with Gasteiger partial charge in [-0.1, -0.05) is 12.8 Å². The highest BCUT2D eigenvalue weighted by Crippen LogP contribution is 2.36. The molecule has 0 atom stereocenters. The van der Waals surface area contributed by atoms with Gasteiger partial charge in [0.1, 0.15) is 11.3 Å². The van der Waals surface area contributed by atoms with E-state index in [9.17, 15) is 19.2 Å². The van der Waals surface area contributed by atoms with E-state index < -0.39 is 11.6 Å². The number of hydrogen-bond acceptors (Lipinski definition) is 5. The number of amides is 5. The van der Waals surface area contributed by atoms with Crippen molar-refractivity contribution in [3.8, 4) is 5.75 Å². The van der Waals surface area contributed by atoms with Crippen molar-refractivity contribution in [2.45, 2.75) is 50.5 Å². The summed E-state index contributed by atoms with van der Waals surface area (Å²) in [5.74, 6) is 0.0459. The van der Waals surface area contributed by atoms with Crippen molar-refractivity contribution in [1.29, 1.82) is 0 Å². The van der Waals surface area contributed by atoms with Gasteiger partial charge in [0, 0.05) is 31.6 Å². The molecule has 160 valence electrons. The minimum Gasteiger partial charge on any atom is -0.495 e.